The molecule has 1 atom stereocenters. The van der Waals surface area contributed by atoms with E-state index >= 15 is 0 Å². The van der Waals surface area contributed by atoms with Crippen molar-refractivity contribution in [1.29, 1.82) is 0 Å². The van der Waals surface area contributed by atoms with Crippen molar-refractivity contribution < 1.29 is 0 Å². The monoisotopic (exact) mass is 221 g/mol. The summed E-state index contributed by atoms with van der Waals surface area (Å²) in [7, 11) is 0. The Bertz CT molecular complexity index is 313. The third-order valence-corrected chi connectivity index (χ3v) is 3.68. The zero-order chi connectivity index (χ0) is 11.4. The molecule has 1 saturated carbocycles. The molecule has 1 aliphatic carbocycles. The van der Waals surface area contributed by atoms with Crippen LogP contribution in [0.3, 0.4) is 0 Å². The van der Waals surface area contributed by atoms with Crippen molar-refractivity contribution in [3.8, 4) is 0 Å². The van der Waals surface area contributed by atoms with Crippen LogP contribution in [0.5, 0.6) is 0 Å². The highest BCUT2D eigenvalue weighted by Crippen LogP contribution is 2.29. The number of aryl methyl sites for hydroxylation is 1. The molecule has 0 saturated heterocycles. The summed E-state index contributed by atoms with van der Waals surface area (Å²) in [6, 6.07) is 0.589. The third kappa shape index (κ3) is 2.77. The van der Waals surface area contributed by atoms with Gasteiger partial charge in [-0.15, -0.1) is 0 Å². The van der Waals surface area contributed by atoms with Gasteiger partial charge in [-0.05, 0) is 32.1 Å². The lowest BCUT2D eigenvalue weighted by Gasteiger charge is -2.30. The minimum absolute atomic E-state index is 0.589. The van der Waals surface area contributed by atoms with Gasteiger partial charge in [-0.2, -0.15) is 0 Å². The number of rotatable bonds is 4. The van der Waals surface area contributed by atoms with E-state index in [1.54, 1.807) is 0 Å². The number of hydrogen-bond acceptors (Lipinski definition) is 2. The Kier molecular flexibility index (Phi) is 3.86. The minimum Gasteiger partial charge on any atom is -0.353 e. The lowest BCUT2D eigenvalue weighted by atomic mass is 9.83. The molecule has 0 bridgehead atoms. The number of hydrogen-bond donors (Lipinski definition) is 2. The molecule has 0 radical (unpaired) electrons. The molecule has 1 heterocycles. The highest BCUT2D eigenvalue weighted by Gasteiger charge is 2.22. The molecule has 90 valence electrons. The summed E-state index contributed by atoms with van der Waals surface area (Å²) in [6.45, 7) is 4.31. The largest absolute Gasteiger partial charge is 0.353 e. The molecule has 1 aliphatic rings. The number of H-pyrrole nitrogens is 1. The molecule has 1 aromatic rings. The molecule has 0 aliphatic heterocycles. The standard InChI is InChI=1S/C13H23N3/c1-3-12(11-7-5-4-6-8-11)16-13-14-9-10(2)15-13/h9,11-12H,3-8H2,1-2H3,(H2,14,15,16). The van der Waals surface area contributed by atoms with E-state index in [0.29, 0.717) is 6.04 Å². The average Bonchev–Trinajstić information content (AvgIpc) is 2.73. The SMILES string of the molecule is CCC(Nc1ncc(C)[nH]1)C1CCCCC1. The van der Waals surface area contributed by atoms with Gasteiger partial charge in [0.2, 0.25) is 5.95 Å². The van der Waals surface area contributed by atoms with Crippen molar-refractivity contribution in [1.82, 2.24) is 9.97 Å². The summed E-state index contributed by atoms with van der Waals surface area (Å²) in [4.78, 5) is 7.59. The normalized spacial score (nSPS) is 19.6. The smallest absolute Gasteiger partial charge is 0.200 e. The first kappa shape index (κ1) is 11.5. The van der Waals surface area contributed by atoms with E-state index in [1.807, 2.05) is 13.1 Å². The van der Waals surface area contributed by atoms with Crippen molar-refractivity contribution in [2.45, 2.75) is 58.4 Å². The zero-order valence-electron chi connectivity index (χ0n) is 10.4. The second-order valence-corrected chi connectivity index (χ2v) is 4.97. The predicted octanol–water partition coefficient (Wildman–Crippen LogP) is 3.49. The van der Waals surface area contributed by atoms with Crippen LogP contribution in [0.15, 0.2) is 6.20 Å². The Morgan fingerprint density at radius 1 is 1.44 bits per heavy atom. The number of aromatic nitrogens is 2. The second kappa shape index (κ2) is 5.37. The van der Waals surface area contributed by atoms with Gasteiger partial charge < -0.3 is 10.3 Å². The van der Waals surface area contributed by atoms with Crippen LogP contribution in [0.25, 0.3) is 0 Å². The van der Waals surface area contributed by atoms with E-state index in [0.717, 1.165) is 17.6 Å². The molecular formula is C13H23N3. The van der Waals surface area contributed by atoms with Crippen molar-refractivity contribution >= 4 is 5.95 Å². The Balaban J connectivity index is 1.94. The lowest BCUT2D eigenvalue weighted by Crippen LogP contribution is -2.30. The fourth-order valence-corrected chi connectivity index (χ4v) is 2.75. The zero-order valence-corrected chi connectivity index (χ0v) is 10.4. The molecule has 1 aromatic heterocycles. The van der Waals surface area contributed by atoms with Crippen molar-refractivity contribution in [2.75, 3.05) is 5.32 Å². The number of aromatic amines is 1. The number of nitrogens with zero attached hydrogens (tertiary/aromatic N) is 1. The van der Waals surface area contributed by atoms with Crippen molar-refractivity contribution in [2.24, 2.45) is 5.92 Å². The van der Waals surface area contributed by atoms with Gasteiger partial charge in [-0.3, -0.25) is 0 Å². The minimum atomic E-state index is 0.589. The Labute approximate surface area is 98.1 Å². The van der Waals surface area contributed by atoms with Crippen LogP contribution in [0.4, 0.5) is 5.95 Å². The number of anilines is 1. The first-order chi connectivity index (χ1) is 7.79. The van der Waals surface area contributed by atoms with Gasteiger partial charge in [-0.1, -0.05) is 26.2 Å². The molecule has 0 spiro atoms. The molecule has 16 heavy (non-hydrogen) atoms. The summed E-state index contributed by atoms with van der Waals surface area (Å²) in [5, 5.41) is 3.55. The molecule has 2 rings (SSSR count). The summed E-state index contributed by atoms with van der Waals surface area (Å²) in [6.07, 6.45) is 10.1. The van der Waals surface area contributed by atoms with E-state index in [2.05, 4.69) is 22.2 Å². The molecule has 3 nitrogen and oxygen atoms in total. The van der Waals surface area contributed by atoms with Gasteiger partial charge in [0, 0.05) is 17.9 Å². The molecule has 0 amide bonds. The summed E-state index contributed by atoms with van der Waals surface area (Å²) < 4.78 is 0. The fraction of sp³-hybridized carbons (Fsp3) is 0.769. The second-order valence-electron chi connectivity index (χ2n) is 4.97. The van der Waals surface area contributed by atoms with E-state index in [9.17, 15) is 0 Å². The van der Waals surface area contributed by atoms with Gasteiger partial charge in [0.15, 0.2) is 0 Å². The summed E-state index contributed by atoms with van der Waals surface area (Å²) >= 11 is 0. The first-order valence-electron chi connectivity index (χ1n) is 6.57. The third-order valence-electron chi connectivity index (χ3n) is 3.68. The maximum absolute atomic E-state index is 4.33. The van der Waals surface area contributed by atoms with Crippen LogP contribution >= 0.6 is 0 Å². The summed E-state index contributed by atoms with van der Waals surface area (Å²) in [5.74, 6) is 1.78. The van der Waals surface area contributed by atoms with Gasteiger partial charge >= 0.3 is 0 Å². The molecular weight excluding hydrogens is 198 g/mol. The van der Waals surface area contributed by atoms with Crippen LogP contribution in [-0.4, -0.2) is 16.0 Å². The molecule has 2 N–H and O–H groups in total. The van der Waals surface area contributed by atoms with Crippen LogP contribution < -0.4 is 5.32 Å². The average molecular weight is 221 g/mol. The van der Waals surface area contributed by atoms with Crippen LogP contribution in [0, 0.1) is 12.8 Å². The van der Waals surface area contributed by atoms with Gasteiger partial charge in [-0.25, -0.2) is 4.98 Å². The quantitative estimate of drug-likeness (QED) is 0.817. The maximum atomic E-state index is 4.33. The topological polar surface area (TPSA) is 40.7 Å². The molecule has 3 heteroatoms. The highest BCUT2D eigenvalue weighted by atomic mass is 15.1. The highest BCUT2D eigenvalue weighted by molar-refractivity contribution is 5.27. The Morgan fingerprint density at radius 3 is 2.75 bits per heavy atom. The summed E-state index contributed by atoms with van der Waals surface area (Å²) in [5.41, 5.74) is 1.13. The van der Waals surface area contributed by atoms with E-state index in [1.165, 1.54) is 38.5 Å². The molecule has 1 fully saturated rings. The van der Waals surface area contributed by atoms with Crippen molar-refractivity contribution in [3.05, 3.63) is 11.9 Å². The van der Waals surface area contributed by atoms with E-state index in [4.69, 9.17) is 0 Å². The molecule has 0 aromatic carbocycles. The molecule has 1 unspecified atom stereocenters. The predicted molar refractivity (Wildman–Crippen MR) is 67.6 cm³/mol. The number of nitrogens with one attached hydrogen (secondary N) is 2. The maximum Gasteiger partial charge on any atom is 0.200 e. The van der Waals surface area contributed by atoms with Gasteiger partial charge in [0.05, 0.1) is 0 Å². The van der Waals surface area contributed by atoms with Crippen LogP contribution in [-0.2, 0) is 0 Å². The van der Waals surface area contributed by atoms with Crippen molar-refractivity contribution in [3.63, 3.8) is 0 Å². The fourth-order valence-electron chi connectivity index (χ4n) is 2.75. The van der Waals surface area contributed by atoms with E-state index < -0.39 is 0 Å². The van der Waals surface area contributed by atoms with Gasteiger partial charge in [0.25, 0.3) is 0 Å². The number of imidazole rings is 1. The first-order valence-corrected chi connectivity index (χ1v) is 6.57. The lowest BCUT2D eigenvalue weighted by molar-refractivity contribution is 0.312. The van der Waals surface area contributed by atoms with E-state index in [-0.39, 0.29) is 0 Å². The Hall–Kier alpha value is -0.990. The Morgan fingerprint density at radius 2 is 2.19 bits per heavy atom. The van der Waals surface area contributed by atoms with Crippen LogP contribution in [0.1, 0.15) is 51.1 Å². The van der Waals surface area contributed by atoms with Crippen LogP contribution in [0.2, 0.25) is 0 Å². The van der Waals surface area contributed by atoms with Gasteiger partial charge in [0.1, 0.15) is 0 Å².